The molecule has 3 aromatic rings. The molecule has 2 amide bonds. The van der Waals surface area contributed by atoms with Crippen molar-refractivity contribution in [2.45, 2.75) is 216 Å². The van der Waals surface area contributed by atoms with Gasteiger partial charge in [0.2, 0.25) is 0 Å². The molecule has 448 valence electrons. The quantitative estimate of drug-likeness (QED) is 0.0296. The number of carbonyl (C=O) groups excluding carboxylic acids is 1. The lowest BCUT2D eigenvalue weighted by Crippen LogP contribution is -2.48. The number of aromatic hydroxyl groups is 2. The van der Waals surface area contributed by atoms with Crippen LogP contribution in [0, 0.1) is 6.92 Å². The number of rotatable bonds is 31. The van der Waals surface area contributed by atoms with Gasteiger partial charge in [-0.3, -0.25) is 0 Å². The summed E-state index contributed by atoms with van der Waals surface area (Å²) in [5, 5.41) is 56.1. The zero-order valence-corrected chi connectivity index (χ0v) is 48.7. The number of para-hydroxylation sites is 2. The van der Waals surface area contributed by atoms with Gasteiger partial charge in [-0.05, 0) is 140 Å². The lowest BCUT2D eigenvalue weighted by Gasteiger charge is -2.37. The Balaban J connectivity index is 0.00000581. The molecule has 18 nitrogen and oxygen atoms in total. The van der Waals surface area contributed by atoms with Crippen molar-refractivity contribution in [3.05, 3.63) is 113 Å². The van der Waals surface area contributed by atoms with Crippen molar-refractivity contribution in [1.29, 1.82) is 0 Å². The fourth-order valence-electron chi connectivity index (χ4n) is 10.1. The number of phenolic OH excluding ortho intramolecular Hbond substituents is 2. The third kappa shape index (κ3) is 23.0. The Bertz CT molecular complexity index is 2410. The zero-order valence-electron chi connectivity index (χ0n) is 47.9. The van der Waals surface area contributed by atoms with Crippen LogP contribution < -0.4 is 10.0 Å². The fourth-order valence-corrected chi connectivity index (χ4v) is 11.1. The smallest absolute Gasteiger partial charge is 0.328 e. The summed E-state index contributed by atoms with van der Waals surface area (Å²) in [7, 11) is -2.47. The highest BCUT2D eigenvalue weighted by molar-refractivity contribution is 7.90. The van der Waals surface area contributed by atoms with Crippen LogP contribution in [0.1, 0.15) is 160 Å². The molecular formula is C61H92N2O16S. The standard InChI is InChI=1S/C59H86N2O16S.C2H6/c1-5-6-7-15-42(38-62)39-72-46(19-13-17-43(63)33-49-30-31-71-57(76-49)52-22-8-10-24-54(52)65)35-45(70-4)18-12-16-44(64)34-50-36-48(21-14-20-47-32-41(3)73-58(77-47)53-23-9-11-25-55(53)66)74-56(75-50)37-60-59(67)61-78(68,69)51-28-26-40(2)27-29-51;1-2/h6-11,15,22-29,41,43-50,56-58,62-66H,5,12-14,16-21,30-39H2,1-4H3,(H2,60,61,67);1-2H3/b7-6-,42-15+;. The first-order valence-electron chi connectivity index (χ1n) is 28.9. The van der Waals surface area contributed by atoms with Gasteiger partial charge in [-0.2, -0.15) is 0 Å². The first-order valence-corrected chi connectivity index (χ1v) is 30.4. The third-order valence-electron chi connectivity index (χ3n) is 14.4. The molecule has 0 bridgehead atoms. The summed E-state index contributed by atoms with van der Waals surface area (Å²) in [4.78, 5) is 12.9. The summed E-state index contributed by atoms with van der Waals surface area (Å²) in [6, 6.07) is 19.1. The topological polar surface area (TPSA) is 250 Å². The SMILES string of the molecule is CC.CC/C=C\C=C(/CO)COC(CCCC(O)CC1CCOC(c2ccccc2O)O1)CC(CCCC(O)CC1CC(CCCC2CC(C)OC(c3ccccc3O)O2)OC(CNC(=O)NS(=O)(=O)c2ccc(C)cc2)O1)OC. The van der Waals surface area contributed by atoms with Crippen LogP contribution in [0.15, 0.2) is 101 Å². The normalized spacial score (nSPS) is 24.3. The number of ether oxygens (including phenoxy) is 8. The van der Waals surface area contributed by atoms with Crippen molar-refractivity contribution in [2.24, 2.45) is 0 Å². The second-order valence-electron chi connectivity index (χ2n) is 20.9. The maximum absolute atomic E-state index is 13.0. The summed E-state index contributed by atoms with van der Waals surface area (Å²) in [5.74, 6) is 0.206. The Morgan fingerprint density at radius 2 is 1.36 bits per heavy atom. The molecule has 0 spiro atoms. The minimum absolute atomic E-state index is 0.0473. The maximum Gasteiger partial charge on any atom is 0.328 e. The molecular weight excluding hydrogens is 1050 g/mol. The monoisotopic (exact) mass is 1140 g/mol. The fraction of sp³-hybridized carbons (Fsp3) is 0.623. The van der Waals surface area contributed by atoms with Gasteiger partial charge in [-0.1, -0.05) is 93.1 Å². The molecule has 3 heterocycles. The van der Waals surface area contributed by atoms with Gasteiger partial charge in [-0.25, -0.2) is 17.9 Å². The Hall–Kier alpha value is -4.48. The number of allylic oxidation sites excluding steroid dienone is 3. The van der Waals surface area contributed by atoms with E-state index in [4.69, 9.17) is 37.9 Å². The van der Waals surface area contributed by atoms with E-state index >= 15 is 0 Å². The number of hydrogen-bond acceptors (Lipinski definition) is 16. The van der Waals surface area contributed by atoms with E-state index in [0.29, 0.717) is 108 Å². The lowest BCUT2D eigenvalue weighted by molar-refractivity contribution is -0.250. The van der Waals surface area contributed by atoms with Crippen LogP contribution >= 0.6 is 0 Å². The van der Waals surface area contributed by atoms with Crippen molar-refractivity contribution in [3.8, 4) is 11.5 Å². The van der Waals surface area contributed by atoms with Crippen LogP contribution in [-0.4, -0.2) is 135 Å². The van der Waals surface area contributed by atoms with E-state index in [0.717, 1.165) is 24.0 Å². The second-order valence-corrected chi connectivity index (χ2v) is 22.5. The summed E-state index contributed by atoms with van der Waals surface area (Å²) < 4.78 is 77.3. The number of aryl methyl sites for hydroxylation is 1. The largest absolute Gasteiger partial charge is 0.507 e. The molecule has 3 aromatic carbocycles. The molecule has 80 heavy (non-hydrogen) atoms. The van der Waals surface area contributed by atoms with Gasteiger partial charge in [0.05, 0.1) is 86.2 Å². The van der Waals surface area contributed by atoms with E-state index in [9.17, 15) is 38.7 Å². The van der Waals surface area contributed by atoms with Gasteiger partial charge in [0.15, 0.2) is 18.9 Å². The number of amides is 2. The highest BCUT2D eigenvalue weighted by Crippen LogP contribution is 2.37. The van der Waals surface area contributed by atoms with Crippen molar-refractivity contribution >= 4 is 16.1 Å². The van der Waals surface area contributed by atoms with Crippen molar-refractivity contribution in [3.63, 3.8) is 0 Å². The molecule has 7 N–H and O–H groups in total. The number of benzene rings is 3. The number of sulfonamides is 1. The Labute approximate surface area is 475 Å². The number of methoxy groups -OCH3 is 1. The molecule has 3 aliphatic heterocycles. The van der Waals surface area contributed by atoms with Gasteiger partial charge < -0.3 is 68.7 Å². The average Bonchev–Trinajstić information content (AvgIpc) is 3.47. The summed E-state index contributed by atoms with van der Waals surface area (Å²) in [6.45, 7) is 10.3. The summed E-state index contributed by atoms with van der Waals surface area (Å²) in [6.07, 6.45) is 10.0. The lowest BCUT2D eigenvalue weighted by atomic mass is 9.95. The molecule has 19 heteroatoms. The zero-order chi connectivity index (χ0) is 57.9. The Morgan fingerprint density at radius 1 is 0.762 bits per heavy atom. The molecule has 3 aliphatic rings. The van der Waals surface area contributed by atoms with Crippen LogP contribution in [-0.2, 0) is 47.9 Å². The molecule has 0 radical (unpaired) electrons. The minimum atomic E-state index is -4.14. The molecule has 0 aromatic heterocycles. The Morgan fingerprint density at radius 3 is 2.00 bits per heavy atom. The van der Waals surface area contributed by atoms with E-state index < -0.39 is 53.2 Å². The average molecular weight is 1140 g/mol. The first kappa shape index (κ1) is 66.3. The number of hydrogen-bond donors (Lipinski definition) is 7. The van der Waals surface area contributed by atoms with Gasteiger partial charge in [0.25, 0.3) is 10.0 Å². The molecule has 0 saturated carbocycles. The van der Waals surface area contributed by atoms with Crippen molar-refractivity contribution in [1.82, 2.24) is 10.0 Å². The van der Waals surface area contributed by atoms with E-state index in [2.05, 4.69) is 10.0 Å². The van der Waals surface area contributed by atoms with Gasteiger partial charge in [-0.15, -0.1) is 0 Å². The number of nitrogens with one attached hydrogen (secondary N) is 2. The van der Waals surface area contributed by atoms with Gasteiger partial charge in [0, 0.05) is 24.7 Å². The Kier molecular flexibility index (Phi) is 29.4. The maximum atomic E-state index is 13.0. The summed E-state index contributed by atoms with van der Waals surface area (Å²) >= 11 is 0. The van der Waals surface area contributed by atoms with Crippen LogP contribution in [0.5, 0.6) is 11.5 Å². The molecule has 3 fully saturated rings. The highest BCUT2D eigenvalue weighted by Gasteiger charge is 2.35. The predicted molar refractivity (Wildman–Crippen MR) is 304 cm³/mol. The van der Waals surface area contributed by atoms with E-state index in [1.54, 1.807) is 55.6 Å². The van der Waals surface area contributed by atoms with E-state index in [1.807, 2.05) is 65.0 Å². The molecule has 6 rings (SSSR count). The number of aliphatic hydroxyl groups is 3. The second kappa shape index (κ2) is 35.5. The van der Waals surface area contributed by atoms with Crippen molar-refractivity contribution < 1.29 is 76.6 Å². The molecule has 12 atom stereocenters. The third-order valence-corrected chi connectivity index (χ3v) is 15.7. The summed E-state index contributed by atoms with van der Waals surface area (Å²) in [5.41, 5.74) is 2.75. The van der Waals surface area contributed by atoms with Gasteiger partial charge >= 0.3 is 6.03 Å². The van der Waals surface area contributed by atoms with Crippen LogP contribution in [0.3, 0.4) is 0 Å². The molecule has 0 aliphatic carbocycles. The van der Waals surface area contributed by atoms with Crippen LogP contribution in [0.2, 0.25) is 0 Å². The minimum Gasteiger partial charge on any atom is -0.507 e. The van der Waals surface area contributed by atoms with Crippen molar-refractivity contribution in [2.75, 3.05) is 33.5 Å². The predicted octanol–water partition coefficient (Wildman–Crippen LogP) is 10.0. The van der Waals surface area contributed by atoms with E-state index in [1.165, 1.54) is 12.1 Å². The van der Waals surface area contributed by atoms with Crippen LogP contribution in [0.25, 0.3) is 0 Å². The van der Waals surface area contributed by atoms with Crippen LogP contribution in [0.4, 0.5) is 4.79 Å². The van der Waals surface area contributed by atoms with Gasteiger partial charge in [0.1, 0.15) is 11.5 Å². The number of urea groups is 1. The molecule has 3 saturated heterocycles. The first-order chi connectivity index (χ1) is 38.6. The number of aliphatic hydroxyl groups excluding tert-OH is 3. The van der Waals surface area contributed by atoms with E-state index in [-0.39, 0.29) is 72.8 Å². The number of carbonyl (C=O) groups is 1. The number of phenols is 2. The molecule has 12 unspecified atom stereocenters. The highest BCUT2D eigenvalue weighted by atomic mass is 32.2.